The summed E-state index contributed by atoms with van der Waals surface area (Å²) in [5.74, 6) is 2.00. The first-order valence-corrected chi connectivity index (χ1v) is 8.72. The summed E-state index contributed by atoms with van der Waals surface area (Å²) in [4.78, 5) is 9.10. The number of nitrogens with zero attached hydrogens (tertiary/aromatic N) is 4. The van der Waals surface area contributed by atoms with Gasteiger partial charge in [0.25, 0.3) is 5.78 Å². The van der Waals surface area contributed by atoms with Crippen LogP contribution in [0.2, 0.25) is 5.02 Å². The van der Waals surface area contributed by atoms with Crippen LogP contribution < -0.4 is 5.32 Å². The zero-order chi connectivity index (χ0) is 18.3. The predicted molar refractivity (Wildman–Crippen MR) is 105 cm³/mol. The molecular formula is C20H18ClN5. The third-order valence-electron chi connectivity index (χ3n) is 4.16. The molecule has 5 nitrogen and oxygen atoms in total. The maximum atomic E-state index is 6.24. The van der Waals surface area contributed by atoms with E-state index in [1.807, 2.05) is 50.2 Å². The fourth-order valence-corrected chi connectivity index (χ4v) is 2.98. The molecule has 2 aromatic carbocycles. The molecule has 130 valence electrons. The highest BCUT2D eigenvalue weighted by atomic mass is 35.5. The molecule has 2 heterocycles. The monoisotopic (exact) mass is 363 g/mol. The number of anilines is 2. The standard InChI is InChI=1S/C20H18ClN5/c1-12-5-4-6-15(9-12)19-24-20-22-14(3)10-18(26(20)25-19)23-16-8-7-13(2)17(21)11-16/h4-11,23H,1-3H3. The van der Waals surface area contributed by atoms with E-state index in [9.17, 15) is 0 Å². The topological polar surface area (TPSA) is 55.1 Å². The Morgan fingerprint density at radius 2 is 1.81 bits per heavy atom. The minimum atomic E-state index is 0.558. The van der Waals surface area contributed by atoms with Gasteiger partial charge in [0, 0.05) is 28.0 Å². The first-order valence-electron chi connectivity index (χ1n) is 8.34. The van der Waals surface area contributed by atoms with Crippen molar-refractivity contribution in [2.75, 3.05) is 5.32 Å². The number of fused-ring (bicyclic) bond motifs is 1. The van der Waals surface area contributed by atoms with Crippen molar-refractivity contribution >= 4 is 28.9 Å². The lowest BCUT2D eigenvalue weighted by Gasteiger charge is -2.09. The van der Waals surface area contributed by atoms with E-state index in [2.05, 4.69) is 39.4 Å². The molecule has 1 N–H and O–H groups in total. The summed E-state index contributed by atoms with van der Waals surface area (Å²) >= 11 is 6.24. The van der Waals surface area contributed by atoms with Crippen LogP contribution in [0.3, 0.4) is 0 Å². The van der Waals surface area contributed by atoms with Crippen LogP contribution in [0.15, 0.2) is 48.5 Å². The van der Waals surface area contributed by atoms with E-state index < -0.39 is 0 Å². The summed E-state index contributed by atoms with van der Waals surface area (Å²) < 4.78 is 1.72. The van der Waals surface area contributed by atoms with E-state index in [-0.39, 0.29) is 0 Å². The van der Waals surface area contributed by atoms with E-state index >= 15 is 0 Å². The van der Waals surface area contributed by atoms with E-state index in [1.54, 1.807) is 4.52 Å². The second kappa shape index (κ2) is 6.42. The smallest absolute Gasteiger partial charge is 0.254 e. The largest absolute Gasteiger partial charge is 0.340 e. The molecule has 0 saturated heterocycles. The number of hydrogen-bond acceptors (Lipinski definition) is 4. The quantitative estimate of drug-likeness (QED) is 0.549. The van der Waals surface area contributed by atoms with Crippen molar-refractivity contribution in [1.82, 2.24) is 19.6 Å². The van der Waals surface area contributed by atoms with Crippen molar-refractivity contribution in [3.63, 3.8) is 0 Å². The maximum absolute atomic E-state index is 6.24. The molecule has 0 aliphatic rings. The Morgan fingerprint density at radius 3 is 2.58 bits per heavy atom. The number of benzene rings is 2. The van der Waals surface area contributed by atoms with Gasteiger partial charge in [-0.15, -0.1) is 5.10 Å². The molecule has 4 aromatic rings. The van der Waals surface area contributed by atoms with Gasteiger partial charge in [-0.2, -0.15) is 9.50 Å². The highest BCUT2D eigenvalue weighted by Gasteiger charge is 2.12. The molecule has 0 amide bonds. The summed E-state index contributed by atoms with van der Waals surface area (Å²) in [5.41, 5.74) is 4.92. The van der Waals surface area contributed by atoms with Gasteiger partial charge in [-0.3, -0.25) is 0 Å². The van der Waals surface area contributed by atoms with Crippen LogP contribution in [0.5, 0.6) is 0 Å². The van der Waals surface area contributed by atoms with Gasteiger partial charge >= 0.3 is 0 Å². The lowest BCUT2D eigenvalue weighted by molar-refractivity contribution is 0.940. The number of aryl methyl sites for hydroxylation is 3. The van der Waals surface area contributed by atoms with E-state index in [0.29, 0.717) is 11.6 Å². The van der Waals surface area contributed by atoms with Gasteiger partial charge in [0.1, 0.15) is 5.82 Å². The second-order valence-corrected chi connectivity index (χ2v) is 6.80. The first-order chi connectivity index (χ1) is 12.5. The number of rotatable bonds is 3. The molecule has 0 atom stereocenters. The fraction of sp³-hybridized carbons (Fsp3) is 0.150. The van der Waals surface area contributed by atoms with Crippen LogP contribution in [-0.2, 0) is 0 Å². The Bertz CT molecular complexity index is 1120. The summed E-state index contributed by atoms with van der Waals surface area (Å²) in [6.45, 7) is 5.97. The first kappa shape index (κ1) is 16.5. The van der Waals surface area contributed by atoms with E-state index in [0.717, 1.165) is 38.9 Å². The minimum Gasteiger partial charge on any atom is -0.340 e. The predicted octanol–water partition coefficient (Wildman–Crippen LogP) is 5.11. The van der Waals surface area contributed by atoms with Gasteiger partial charge in [0.05, 0.1) is 0 Å². The van der Waals surface area contributed by atoms with Crippen LogP contribution >= 0.6 is 11.6 Å². The molecule has 2 aromatic heterocycles. The van der Waals surface area contributed by atoms with Gasteiger partial charge in [0.15, 0.2) is 5.82 Å². The Kier molecular flexibility index (Phi) is 4.09. The van der Waals surface area contributed by atoms with Gasteiger partial charge in [0.2, 0.25) is 0 Å². The second-order valence-electron chi connectivity index (χ2n) is 6.39. The summed E-state index contributed by atoms with van der Waals surface area (Å²) in [6.07, 6.45) is 0. The van der Waals surface area contributed by atoms with Crippen molar-refractivity contribution < 1.29 is 0 Å². The Hall–Kier alpha value is -2.92. The summed E-state index contributed by atoms with van der Waals surface area (Å²) in [6, 6.07) is 15.9. The highest BCUT2D eigenvalue weighted by molar-refractivity contribution is 6.31. The zero-order valence-electron chi connectivity index (χ0n) is 14.8. The Balaban J connectivity index is 1.80. The average Bonchev–Trinajstić information content (AvgIpc) is 3.02. The van der Waals surface area contributed by atoms with Crippen LogP contribution in [0, 0.1) is 20.8 Å². The number of nitrogens with one attached hydrogen (secondary N) is 1. The molecule has 4 rings (SSSR count). The summed E-state index contributed by atoms with van der Waals surface area (Å²) in [5, 5.41) is 8.74. The molecular weight excluding hydrogens is 346 g/mol. The number of aromatic nitrogens is 4. The van der Waals surface area contributed by atoms with Crippen molar-refractivity contribution in [2.24, 2.45) is 0 Å². The Morgan fingerprint density at radius 1 is 0.962 bits per heavy atom. The highest BCUT2D eigenvalue weighted by Crippen LogP contribution is 2.25. The van der Waals surface area contributed by atoms with Crippen molar-refractivity contribution in [2.45, 2.75) is 20.8 Å². The van der Waals surface area contributed by atoms with E-state index in [4.69, 9.17) is 11.6 Å². The molecule has 0 unspecified atom stereocenters. The van der Waals surface area contributed by atoms with Gasteiger partial charge in [-0.25, -0.2) is 4.98 Å². The van der Waals surface area contributed by atoms with Crippen LogP contribution in [0.4, 0.5) is 11.5 Å². The van der Waals surface area contributed by atoms with Gasteiger partial charge in [-0.05, 0) is 44.5 Å². The molecule has 0 fully saturated rings. The zero-order valence-corrected chi connectivity index (χ0v) is 15.5. The van der Waals surface area contributed by atoms with Crippen LogP contribution in [-0.4, -0.2) is 19.6 Å². The average molecular weight is 364 g/mol. The van der Waals surface area contributed by atoms with Gasteiger partial charge < -0.3 is 5.32 Å². The van der Waals surface area contributed by atoms with Gasteiger partial charge in [-0.1, -0.05) is 41.4 Å². The molecule has 0 spiro atoms. The lowest BCUT2D eigenvalue weighted by Crippen LogP contribution is -2.02. The fourth-order valence-electron chi connectivity index (χ4n) is 2.80. The van der Waals surface area contributed by atoms with Crippen LogP contribution in [0.25, 0.3) is 17.2 Å². The van der Waals surface area contributed by atoms with Crippen molar-refractivity contribution in [3.05, 3.63) is 70.4 Å². The van der Waals surface area contributed by atoms with Crippen LogP contribution in [0.1, 0.15) is 16.8 Å². The lowest BCUT2D eigenvalue weighted by atomic mass is 10.1. The molecule has 0 aliphatic heterocycles. The molecule has 0 bridgehead atoms. The molecule has 0 aliphatic carbocycles. The molecule has 6 heteroatoms. The van der Waals surface area contributed by atoms with Crippen molar-refractivity contribution in [3.8, 4) is 11.4 Å². The van der Waals surface area contributed by atoms with E-state index in [1.165, 1.54) is 0 Å². The summed E-state index contributed by atoms with van der Waals surface area (Å²) in [7, 11) is 0. The molecule has 0 saturated carbocycles. The molecule has 0 radical (unpaired) electrons. The third kappa shape index (κ3) is 3.13. The SMILES string of the molecule is Cc1cccc(-c2nc3nc(C)cc(Nc4ccc(C)c(Cl)c4)n3n2)c1. The molecule has 26 heavy (non-hydrogen) atoms. The number of halogens is 1. The third-order valence-corrected chi connectivity index (χ3v) is 4.57. The number of hydrogen-bond donors (Lipinski definition) is 1. The minimum absolute atomic E-state index is 0.558. The normalized spacial score (nSPS) is 11.1. The maximum Gasteiger partial charge on any atom is 0.254 e. The van der Waals surface area contributed by atoms with Crippen molar-refractivity contribution in [1.29, 1.82) is 0 Å². The Labute approximate surface area is 156 Å².